The standard InChI is InChI=1S/C14H15FN2O/c1-17(12-5-3-10(15)4-6-12)13-7-11(16)8-14(9-13)18-2/h3-9H,16H2,1-2H3. The van der Waals surface area contributed by atoms with Gasteiger partial charge in [0.15, 0.2) is 0 Å². The Bertz CT molecular complexity index is 540. The highest BCUT2D eigenvalue weighted by Crippen LogP contribution is 2.29. The van der Waals surface area contributed by atoms with Gasteiger partial charge in [0, 0.05) is 36.2 Å². The number of hydrogen-bond donors (Lipinski definition) is 1. The number of nitrogen functional groups attached to an aromatic ring is 1. The third-order valence-electron chi connectivity index (χ3n) is 2.75. The molecule has 18 heavy (non-hydrogen) atoms. The number of ether oxygens (including phenoxy) is 1. The van der Waals surface area contributed by atoms with E-state index in [1.807, 2.05) is 24.1 Å². The molecule has 0 saturated carbocycles. The first-order chi connectivity index (χ1) is 8.60. The molecule has 0 bridgehead atoms. The SMILES string of the molecule is COc1cc(N)cc(N(C)c2ccc(F)cc2)c1. The molecule has 0 aliphatic rings. The second-order valence-corrected chi connectivity index (χ2v) is 4.00. The first-order valence-corrected chi connectivity index (χ1v) is 5.54. The van der Waals surface area contributed by atoms with Crippen LogP contribution in [-0.2, 0) is 0 Å². The molecule has 0 atom stereocenters. The van der Waals surface area contributed by atoms with Crippen LogP contribution in [0.4, 0.5) is 21.5 Å². The van der Waals surface area contributed by atoms with Crippen LogP contribution in [0.25, 0.3) is 0 Å². The Morgan fingerprint density at radius 1 is 1.06 bits per heavy atom. The Morgan fingerprint density at radius 2 is 1.72 bits per heavy atom. The van der Waals surface area contributed by atoms with Crippen LogP contribution in [0.5, 0.6) is 5.75 Å². The summed E-state index contributed by atoms with van der Waals surface area (Å²) >= 11 is 0. The normalized spacial score (nSPS) is 10.2. The smallest absolute Gasteiger partial charge is 0.123 e. The number of hydrogen-bond acceptors (Lipinski definition) is 3. The van der Waals surface area contributed by atoms with E-state index < -0.39 is 0 Å². The van der Waals surface area contributed by atoms with Gasteiger partial charge in [-0.3, -0.25) is 0 Å². The Kier molecular flexibility index (Phi) is 3.37. The lowest BCUT2D eigenvalue weighted by atomic mass is 10.2. The summed E-state index contributed by atoms with van der Waals surface area (Å²) in [7, 11) is 3.48. The van der Waals surface area contributed by atoms with Crippen molar-refractivity contribution in [3.63, 3.8) is 0 Å². The van der Waals surface area contributed by atoms with E-state index in [0.29, 0.717) is 11.4 Å². The van der Waals surface area contributed by atoms with Crippen LogP contribution in [-0.4, -0.2) is 14.2 Å². The number of benzene rings is 2. The maximum Gasteiger partial charge on any atom is 0.123 e. The van der Waals surface area contributed by atoms with E-state index in [1.54, 1.807) is 25.3 Å². The van der Waals surface area contributed by atoms with Crippen molar-refractivity contribution in [2.45, 2.75) is 0 Å². The van der Waals surface area contributed by atoms with Crippen molar-refractivity contribution in [1.29, 1.82) is 0 Å². The van der Waals surface area contributed by atoms with Gasteiger partial charge in [0.1, 0.15) is 11.6 Å². The van der Waals surface area contributed by atoms with E-state index in [9.17, 15) is 4.39 Å². The fourth-order valence-electron chi connectivity index (χ4n) is 1.73. The number of nitrogens with zero attached hydrogens (tertiary/aromatic N) is 1. The van der Waals surface area contributed by atoms with Crippen LogP contribution in [0.1, 0.15) is 0 Å². The third kappa shape index (κ3) is 2.53. The minimum absolute atomic E-state index is 0.252. The van der Waals surface area contributed by atoms with Crippen molar-refractivity contribution >= 4 is 17.1 Å². The van der Waals surface area contributed by atoms with Gasteiger partial charge in [0.2, 0.25) is 0 Å². The molecule has 2 aromatic rings. The van der Waals surface area contributed by atoms with E-state index in [-0.39, 0.29) is 5.82 Å². The molecule has 4 heteroatoms. The van der Waals surface area contributed by atoms with Crippen LogP contribution in [0.3, 0.4) is 0 Å². The summed E-state index contributed by atoms with van der Waals surface area (Å²) in [4.78, 5) is 1.92. The summed E-state index contributed by atoms with van der Waals surface area (Å²) in [6.45, 7) is 0. The van der Waals surface area contributed by atoms with Crippen LogP contribution in [0, 0.1) is 5.82 Å². The summed E-state index contributed by atoms with van der Waals surface area (Å²) < 4.78 is 18.1. The molecule has 0 radical (unpaired) electrons. The van der Waals surface area contributed by atoms with Gasteiger partial charge in [-0.05, 0) is 30.3 Å². The predicted molar refractivity (Wildman–Crippen MR) is 71.9 cm³/mol. The highest BCUT2D eigenvalue weighted by Gasteiger charge is 2.06. The highest BCUT2D eigenvalue weighted by molar-refractivity contribution is 5.68. The molecule has 0 amide bonds. The maximum atomic E-state index is 12.9. The maximum absolute atomic E-state index is 12.9. The first kappa shape index (κ1) is 12.2. The summed E-state index contributed by atoms with van der Waals surface area (Å²) in [5.41, 5.74) is 8.20. The van der Waals surface area contributed by atoms with Crippen LogP contribution >= 0.6 is 0 Å². The molecule has 0 saturated heterocycles. The highest BCUT2D eigenvalue weighted by atomic mass is 19.1. The number of nitrogens with two attached hydrogens (primary N) is 1. The molecule has 0 spiro atoms. The van der Waals surface area contributed by atoms with E-state index in [0.717, 1.165) is 11.4 Å². The molecule has 3 nitrogen and oxygen atoms in total. The van der Waals surface area contributed by atoms with Crippen LogP contribution in [0.15, 0.2) is 42.5 Å². The quantitative estimate of drug-likeness (QED) is 0.845. The van der Waals surface area contributed by atoms with Crippen molar-refractivity contribution in [3.8, 4) is 5.75 Å². The zero-order chi connectivity index (χ0) is 13.1. The molecule has 0 heterocycles. The van der Waals surface area contributed by atoms with Crippen molar-refractivity contribution in [2.24, 2.45) is 0 Å². The Morgan fingerprint density at radius 3 is 2.33 bits per heavy atom. The zero-order valence-corrected chi connectivity index (χ0v) is 10.4. The first-order valence-electron chi connectivity index (χ1n) is 5.54. The summed E-state index contributed by atoms with van der Waals surface area (Å²) in [5.74, 6) is 0.441. The van der Waals surface area contributed by atoms with E-state index in [1.165, 1.54) is 12.1 Å². The second-order valence-electron chi connectivity index (χ2n) is 4.00. The van der Waals surface area contributed by atoms with Crippen molar-refractivity contribution in [2.75, 3.05) is 24.8 Å². The molecule has 0 unspecified atom stereocenters. The second kappa shape index (κ2) is 4.96. The Balaban J connectivity index is 2.35. The van der Waals surface area contributed by atoms with Gasteiger partial charge in [0.05, 0.1) is 7.11 Å². The van der Waals surface area contributed by atoms with Crippen molar-refractivity contribution < 1.29 is 9.13 Å². The summed E-state index contributed by atoms with van der Waals surface area (Å²) in [6, 6.07) is 11.7. The zero-order valence-electron chi connectivity index (χ0n) is 10.4. The van der Waals surface area contributed by atoms with Gasteiger partial charge < -0.3 is 15.4 Å². The fourth-order valence-corrected chi connectivity index (χ4v) is 1.73. The van der Waals surface area contributed by atoms with Gasteiger partial charge in [-0.15, -0.1) is 0 Å². The average molecular weight is 246 g/mol. The number of rotatable bonds is 3. The molecule has 94 valence electrons. The predicted octanol–water partition coefficient (Wildman–Crippen LogP) is 3.18. The molecule has 2 N–H and O–H groups in total. The van der Waals surface area contributed by atoms with Gasteiger partial charge >= 0.3 is 0 Å². The number of methoxy groups -OCH3 is 1. The van der Waals surface area contributed by atoms with Gasteiger partial charge in [0.25, 0.3) is 0 Å². The lowest BCUT2D eigenvalue weighted by Gasteiger charge is -2.20. The molecular weight excluding hydrogens is 231 g/mol. The van der Waals surface area contributed by atoms with Gasteiger partial charge in [-0.2, -0.15) is 0 Å². The number of anilines is 3. The Hall–Kier alpha value is -2.23. The van der Waals surface area contributed by atoms with Crippen LogP contribution < -0.4 is 15.4 Å². The summed E-state index contributed by atoms with van der Waals surface area (Å²) in [6.07, 6.45) is 0. The van der Waals surface area contributed by atoms with E-state index in [4.69, 9.17) is 10.5 Å². The topological polar surface area (TPSA) is 38.5 Å². The lowest BCUT2D eigenvalue weighted by Crippen LogP contribution is -2.09. The van der Waals surface area contributed by atoms with Crippen molar-refractivity contribution in [3.05, 3.63) is 48.3 Å². The van der Waals surface area contributed by atoms with Gasteiger partial charge in [-0.1, -0.05) is 0 Å². The molecule has 0 aliphatic heterocycles. The Labute approximate surface area is 106 Å². The number of halogens is 1. The molecular formula is C14H15FN2O. The lowest BCUT2D eigenvalue weighted by molar-refractivity contribution is 0.415. The molecule has 2 aromatic carbocycles. The monoisotopic (exact) mass is 246 g/mol. The average Bonchev–Trinajstić information content (AvgIpc) is 2.38. The third-order valence-corrected chi connectivity index (χ3v) is 2.75. The fraction of sp³-hybridized carbons (Fsp3) is 0.143. The molecule has 2 rings (SSSR count). The molecule has 0 fully saturated rings. The summed E-state index contributed by atoms with van der Waals surface area (Å²) in [5, 5.41) is 0. The van der Waals surface area contributed by atoms with Crippen LogP contribution in [0.2, 0.25) is 0 Å². The van der Waals surface area contributed by atoms with E-state index >= 15 is 0 Å². The molecule has 0 aliphatic carbocycles. The van der Waals surface area contributed by atoms with Crippen molar-refractivity contribution in [1.82, 2.24) is 0 Å². The van der Waals surface area contributed by atoms with Gasteiger partial charge in [-0.25, -0.2) is 4.39 Å². The largest absolute Gasteiger partial charge is 0.497 e. The minimum Gasteiger partial charge on any atom is -0.497 e. The minimum atomic E-state index is -0.252. The van der Waals surface area contributed by atoms with E-state index in [2.05, 4.69) is 0 Å². The molecule has 0 aromatic heterocycles.